The van der Waals surface area contributed by atoms with Crippen LogP contribution in [0.2, 0.25) is 0 Å². The molecule has 0 fully saturated rings. The van der Waals surface area contributed by atoms with Crippen molar-refractivity contribution in [3.8, 4) is 17.2 Å². The Labute approximate surface area is 231 Å². The topological polar surface area (TPSA) is 108 Å². The summed E-state index contributed by atoms with van der Waals surface area (Å²) in [4.78, 5) is 26.6. The van der Waals surface area contributed by atoms with Crippen LogP contribution in [0.3, 0.4) is 0 Å². The second-order valence-corrected chi connectivity index (χ2v) is 9.99. The second kappa shape index (κ2) is 12.1. The fourth-order valence-electron chi connectivity index (χ4n) is 4.19. The minimum atomic E-state index is -1.22. The van der Waals surface area contributed by atoms with Crippen molar-refractivity contribution in [2.45, 2.75) is 46.3 Å². The number of fused-ring (bicyclic) bond motifs is 1. The van der Waals surface area contributed by atoms with E-state index in [0.717, 1.165) is 11.7 Å². The number of nitrogens with zero attached hydrogens (tertiary/aromatic N) is 2. The lowest BCUT2D eigenvalue weighted by Crippen LogP contribution is -2.15. The Hall–Kier alpha value is -4.24. The number of ether oxygens (including phenoxy) is 3. The average Bonchev–Trinajstić information content (AvgIpc) is 3.37. The third kappa shape index (κ3) is 6.43. The molecule has 1 aromatic heterocycles. The summed E-state index contributed by atoms with van der Waals surface area (Å²) >= 11 is 1.04. The lowest BCUT2D eigenvalue weighted by Gasteiger charge is -2.21. The highest BCUT2D eigenvalue weighted by Gasteiger charge is 2.26. The molecule has 0 radical (unpaired) electrons. The number of aliphatic carboxylic acids is 1. The minimum absolute atomic E-state index is 0.00941. The van der Waals surface area contributed by atoms with Crippen LogP contribution in [0.5, 0.6) is 17.2 Å². The molecule has 0 unspecified atom stereocenters. The molecular weight excluding hydrogens is 516 g/mol. The maximum Gasteiger partial charge on any atom is 0.336 e. The van der Waals surface area contributed by atoms with Gasteiger partial charge in [-0.3, -0.25) is 4.79 Å². The summed E-state index contributed by atoms with van der Waals surface area (Å²) in [6.07, 6.45) is -0.285. The molecule has 202 valence electrons. The van der Waals surface area contributed by atoms with E-state index < -0.39 is 11.8 Å². The minimum Gasteiger partial charge on any atom is -0.493 e. The summed E-state index contributed by atoms with van der Waals surface area (Å²) in [5, 5.41) is 10.4. The summed E-state index contributed by atoms with van der Waals surface area (Å²) in [5.41, 5.74) is 2.61. The zero-order valence-electron chi connectivity index (χ0n) is 22.4. The highest BCUT2D eigenvalue weighted by Crippen LogP contribution is 2.41. The molecule has 0 amide bonds. The summed E-state index contributed by atoms with van der Waals surface area (Å²) in [6, 6.07) is 17.1. The Morgan fingerprint density at radius 3 is 2.15 bits per heavy atom. The summed E-state index contributed by atoms with van der Waals surface area (Å²) in [6.45, 7) is 7.60. The quantitative estimate of drug-likeness (QED) is 0.174. The number of allylic oxidation sites excluding steroid dienone is 1. The van der Waals surface area contributed by atoms with Gasteiger partial charge in [0.15, 0.2) is 17.3 Å². The Morgan fingerprint density at radius 1 is 0.846 bits per heavy atom. The van der Waals surface area contributed by atoms with E-state index in [1.54, 1.807) is 60.7 Å². The number of carbonyl (C=O) groups excluding carboxylic acids is 1. The maximum absolute atomic E-state index is 13.9. The van der Waals surface area contributed by atoms with Gasteiger partial charge in [-0.2, -0.15) is 8.75 Å². The third-order valence-electron chi connectivity index (χ3n) is 5.77. The molecule has 0 bridgehead atoms. The van der Waals surface area contributed by atoms with Crippen LogP contribution in [0, 0.1) is 0 Å². The molecule has 0 aliphatic carbocycles. The molecule has 0 aliphatic rings. The van der Waals surface area contributed by atoms with Gasteiger partial charge < -0.3 is 19.3 Å². The number of carboxylic acid groups (broad SMARTS) is 1. The number of Topliss-reactive ketones (excluding diaryl/α,β-unsaturated/α-hetero) is 1. The standard InChI is InChI=1S/C30H30N2O6S/c1-17(2)37-26-15-19(14-25(36-5)29(26)38-18(3)4)13-22(28(33)20-9-7-6-8-10-20)27(30(34)35)21-11-12-23-24(16-21)32-39-31-23/h6-12,14-18H,13H2,1-5H3,(H,34,35). The van der Waals surface area contributed by atoms with E-state index in [0.29, 0.717) is 45.0 Å². The molecule has 39 heavy (non-hydrogen) atoms. The Bertz CT molecular complexity index is 1530. The maximum atomic E-state index is 13.9. The van der Waals surface area contributed by atoms with Gasteiger partial charge in [0.2, 0.25) is 5.75 Å². The van der Waals surface area contributed by atoms with Crippen LogP contribution >= 0.6 is 11.7 Å². The Morgan fingerprint density at radius 2 is 1.51 bits per heavy atom. The van der Waals surface area contributed by atoms with E-state index in [2.05, 4.69) is 8.75 Å². The van der Waals surface area contributed by atoms with Gasteiger partial charge in [0.25, 0.3) is 0 Å². The first kappa shape index (κ1) is 27.8. The highest BCUT2D eigenvalue weighted by atomic mass is 32.1. The van der Waals surface area contributed by atoms with Crippen molar-refractivity contribution in [2.24, 2.45) is 0 Å². The molecule has 0 saturated heterocycles. The van der Waals surface area contributed by atoms with Gasteiger partial charge in [-0.1, -0.05) is 36.4 Å². The molecule has 4 rings (SSSR count). The first-order valence-corrected chi connectivity index (χ1v) is 13.2. The monoisotopic (exact) mass is 546 g/mol. The second-order valence-electron chi connectivity index (χ2n) is 9.46. The number of carboxylic acids is 1. The molecule has 9 heteroatoms. The molecule has 0 aliphatic heterocycles. The molecular formula is C30H30N2O6S. The van der Waals surface area contributed by atoms with E-state index >= 15 is 0 Å². The first-order valence-electron chi connectivity index (χ1n) is 12.5. The van der Waals surface area contributed by atoms with Gasteiger partial charge in [-0.15, -0.1) is 0 Å². The predicted molar refractivity (Wildman–Crippen MR) is 151 cm³/mol. The fraction of sp³-hybridized carbons (Fsp3) is 0.267. The largest absolute Gasteiger partial charge is 0.493 e. The number of carbonyl (C=O) groups is 2. The van der Waals surface area contributed by atoms with Crippen LogP contribution in [-0.4, -0.2) is 44.9 Å². The molecule has 0 saturated carbocycles. The van der Waals surface area contributed by atoms with E-state index in [9.17, 15) is 14.7 Å². The van der Waals surface area contributed by atoms with Crippen molar-refractivity contribution in [2.75, 3.05) is 7.11 Å². The molecule has 1 N–H and O–H groups in total. The van der Waals surface area contributed by atoms with Crippen molar-refractivity contribution in [1.82, 2.24) is 8.75 Å². The van der Waals surface area contributed by atoms with Gasteiger partial charge in [0.05, 0.1) is 36.6 Å². The molecule has 4 aromatic rings. The van der Waals surface area contributed by atoms with E-state index in [-0.39, 0.29) is 29.8 Å². The van der Waals surface area contributed by atoms with Gasteiger partial charge in [-0.25, -0.2) is 4.79 Å². The number of ketones is 1. The van der Waals surface area contributed by atoms with Gasteiger partial charge in [0.1, 0.15) is 11.0 Å². The lowest BCUT2D eigenvalue weighted by molar-refractivity contribution is -0.130. The van der Waals surface area contributed by atoms with Gasteiger partial charge in [0, 0.05) is 17.6 Å². The number of hydrogen-bond acceptors (Lipinski definition) is 8. The fourth-order valence-corrected chi connectivity index (χ4v) is 4.71. The number of aromatic nitrogens is 2. The van der Waals surface area contributed by atoms with E-state index in [1.807, 2.05) is 27.7 Å². The van der Waals surface area contributed by atoms with Gasteiger partial charge in [-0.05, 0) is 63.1 Å². The molecule has 0 atom stereocenters. The predicted octanol–water partition coefficient (Wildman–Crippen LogP) is 6.24. The number of benzene rings is 3. The van der Waals surface area contributed by atoms with Crippen molar-refractivity contribution < 1.29 is 28.9 Å². The Kier molecular flexibility index (Phi) is 8.61. The van der Waals surface area contributed by atoms with Crippen molar-refractivity contribution in [3.05, 3.63) is 82.9 Å². The SMILES string of the molecule is COc1cc(CC(C(=O)c2ccccc2)=C(C(=O)O)c2ccc3nsnc3c2)cc(OC(C)C)c1OC(C)C. The van der Waals surface area contributed by atoms with Crippen LogP contribution in [0.4, 0.5) is 0 Å². The van der Waals surface area contributed by atoms with E-state index in [4.69, 9.17) is 14.2 Å². The smallest absolute Gasteiger partial charge is 0.336 e. The number of rotatable bonds is 11. The van der Waals surface area contributed by atoms with Crippen molar-refractivity contribution in [3.63, 3.8) is 0 Å². The molecule has 3 aromatic carbocycles. The van der Waals surface area contributed by atoms with Crippen LogP contribution in [0.1, 0.15) is 49.2 Å². The molecule has 8 nitrogen and oxygen atoms in total. The lowest BCUT2D eigenvalue weighted by atomic mass is 9.89. The van der Waals surface area contributed by atoms with Gasteiger partial charge >= 0.3 is 5.97 Å². The number of hydrogen-bond donors (Lipinski definition) is 1. The van der Waals surface area contributed by atoms with Crippen molar-refractivity contribution >= 4 is 40.1 Å². The number of methoxy groups -OCH3 is 1. The van der Waals surface area contributed by atoms with E-state index in [1.165, 1.54) is 7.11 Å². The van der Waals surface area contributed by atoms with Crippen LogP contribution < -0.4 is 14.2 Å². The molecule has 1 heterocycles. The van der Waals surface area contributed by atoms with Crippen molar-refractivity contribution in [1.29, 1.82) is 0 Å². The van der Waals surface area contributed by atoms with Crippen LogP contribution in [0.15, 0.2) is 66.2 Å². The summed E-state index contributed by atoms with van der Waals surface area (Å²) < 4.78 is 26.1. The summed E-state index contributed by atoms with van der Waals surface area (Å²) in [5.74, 6) is -0.286. The summed E-state index contributed by atoms with van der Waals surface area (Å²) in [7, 11) is 1.52. The molecule has 0 spiro atoms. The zero-order chi connectivity index (χ0) is 28.1. The first-order chi connectivity index (χ1) is 18.7. The highest BCUT2D eigenvalue weighted by molar-refractivity contribution is 7.00. The average molecular weight is 547 g/mol. The third-order valence-corrected chi connectivity index (χ3v) is 6.32. The normalized spacial score (nSPS) is 12.0. The van der Waals surface area contributed by atoms with Crippen LogP contribution in [0.25, 0.3) is 16.6 Å². The van der Waals surface area contributed by atoms with Crippen LogP contribution in [-0.2, 0) is 11.2 Å². The zero-order valence-corrected chi connectivity index (χ0v) is 23.2. The Balaban J connectivity index is 1.93.